The summed E-state index contributed by atoms with van der Waals surface area (Å²) in [6.07, 6.45) is 5.47. The SMILES string of the molecule is CC(C)CC(NC(=O)c1ccc2ncccc2c1)C(=O)N1CCC2C1C(=O)CN2S(=O)(=O)Cc1cccnc1. The second-order valence-corrected chi connectivity index (χ2v) is 12.4. The summed E-state index contributed by atoms with van der Waals surface area (Å²) in [5, 5.41) is 3.68. The Bertz CT molecular complexity index is 1510. The van der Waals surface area contributed by atoms with Crippen molar-refractivity contribution in [2.75, 3.05) is 13.1 Å². The van der Waals surface area contributed by atoms with E-state index in [1.807, 2.05) is 19.9 Å². The molecule has 3 atom stereocenters. The maximum Gasteiger partial charge on any atom is 0.251 e. The number of hydrogen-bond donors (Lipinski definition) is 1. The first-order chi connectivity index (χ1) is 18.6. The third-order valence-electron chi connectivity index (χ3n) is 7.27. The predicted molar refractivity (Wildman–Crippen MR) is 145 cm³/mol. The van der Waals surface area contributed by atoms with Gasteiger partial charge < -0.3 is 10.2 Å². The average Bonchev–Trinajstić information content (AvgIpc) is 3.49. The lowest BCUT2D eigenvalue weighted by Crippen LogP contribution is -2.53. The van der Waals surface area contributed by atoms with Gasteiger partial charge in [-0.2, -0.15) is 4.31 Å². The summed E-state index contributed by atoms with van der Waals surface area (Å²) >= 11 is 0. The number of carbonyl (C=O) groups excluding carboxylic acids is 3. The van der Waals surface area contributed by atoms with Crippen molar-refractivity contribution in [3.63, 3.8) is 0 Å². The van der Waals surface area contributed by atoms with Crippen LogP contribution in [0.4, 0.5) is 0 Å². The second kappa shape index (κ2) is 10.8. The van der Waals surface area contributed by atoms with Crippen LogP contribution in [0.15, 0.2) is 61.1 Å². The molecule has 2 aromatic heterocycles. The predicted octanol–water partition coefficient (Wildman–Crippen LogP) is 2.16. The Morgan fingerprint density at radius 2 is 1.92 bits per heavy atom. The summed E-state index contributed by atoms with van der Waals surface area (Å²) in [7, 11) is -3.80. The molecule has 3 aromatic rings. The first-order valence-corrected chi connectivity index (χ1v) is 14.6. The van der Waals surface area contributed by atoms with E-state index in [1.54, 1.807) is 48.8 Å². The van der Waals surface area contributed by atoms with E-state index in [2.05, 4.69) is 15.3 Å². The highest BCUT2D eigenvalue weighted by atomic mass is 32.2. The van der Waals surface area contributed by atoms with Gasteiger partial charge in [0.2, 0.25) is 15.9 Å². The van der Waals surface area contributed by atoms with Gasteiger partial charge >= 0.3 is 0 Å². The number of likely N-dealkylation sites (tertiary alicyclic amines) is 1. The third-order valence-corrected chi connectivity index (χ3v) is 9.08. The molecule has 0 saturated carbocycles. The summed E-state index contributed by atoms with van der Waals surface area (Å²) in [6.45, 7) is 3.88. The van der Waals surface area contributed by atoms with Crippen LogP contribution in [0, 0.1) is 5.92 Å². The number of carbonyl (C=O) groups is 3. The van der Waals surface area contributed by atoms with Gasteiger partial charge in [0.05, 0.1) is 23.9 Å². The zero-order valence-electron chi connectivity index (χ0n) is 21.9. The number of benzene rings is 1. The molecular weight excluding hydrogens is 518 g/mol. The molecule has 4 heterocycles. The normalized spacial score (nSPS) is 20.4. The van der Waals surface area contributed by atoms with Crippen LogP contribution >= 0.6 is 0 Å². The van der Waals surface area contributed by atoms with Crippen LogP contribution in [0.5, 0.6) is 0 Å². The number of aromatic nitrogens is 2. The Hall–Kier alpha value is -3.70. The molecule has 1 N–H and O–H groups in total. The van der Waals surface area contributed by atoms with Gasteiger partial charge in [0.25, 0.3) is 5.91 Å². The number of nitrogens with one attached hydrogen (secondary N) is 1. The van der Waals surface area contributed by atoms with Gasteiger partial charge in [-0.05, 0) is 54.7 Å². The lowest BCUT2D eigenvalue weighted by molar-refractivity contribution is -0.138. The number of hydrogen-bond acceptors (Lipinski definition) is 7. The van der Waals surface area contributed by atoms with Gasteiger partial charge in [-0.25, -0.2) is 8.42 Å². The zero-order valence-corrected chi connectivity index (χ0v) is 22.7. The Kier molecular flexibility index (Phi) is 7.46. The number of pyridine rings is 2. The fourth-order valence-corrected chi connectivity index (χ4v) is 7.23. The standard InChI is InChI=1S/C28H31N5O5S/c1-18(2)13-23(31-27(35)21-7-8-22-20(14-21)6-4-11-30-22)28(36)32-12-9-24-26(32)25(34)16-33(24)39(37,38)17-19-5-3-10-29-15-19/h3-8,10-11,14-15,18,23-24,26H,9,12-13,16-17H2,1-2H3,(H,31,35). The number of rotatable bonds is 8. The number of nitrogens with zero attached hydrogens (tertiary/aromatic N) is 4. The van der Waals surface area contributed by atoms with Crippen molar-refractivity contribution in [3.05, 3.63) is 72.2 Å². The molecule has 3 unspecified atom stereocenters. The topological polar surface area (TPSA) is 130 Å². The summed E-state index contributed by atoms with van der Waals surface area (Å²) in [4.78, 5) is 49.8. The molecule has 0 spiro atoms. The van der Waals surface area contributed by atoms with Gasteiger partial charge in [0.15, 0.2) is 5.78 Å². The van der Waals surface area contributed by atoms with Gasteiger partial charge in [0, 0.05) is 36.1 Å². The second-order valence-electron chi connectivity index (χ2n) is 10.5. The van der Waals surface area contributed by atoms with Crippen LogP contribution in [0.1, 0.15) is 42.6 Å². The van der Waals surface area contributed by atoms with Crippen molar-refractivity contribution in [3.8, 4) is 0 Å². The fraction of sp³-hybridized carbons (Fsp3) is 0.393. The lowest BCUT2D eigenvalue weighted by atomic mass is 10.0. The van der Waals surface area contributed by atoms with Gasteiger partial charge in [-0.1, -0.05) is 26.0 Å². The molecule has 11 heteroatoms. The average molecular weight is 550 g/mol. The quantitative estimate of drug-likeness (QED) is 0.456. The molecular formula is C28H31N5O5S. The number of fused-ring (bicyclic) bond motifs is 2. The molecule has 2 fully saturated rings. The molecule has 10 nitrogen and oxygen atoms in total. The number of amides is 2. The van der Waals surface area contributed by atoms with E-state index in [0.717, 1.165) is 10.9 Å². The lowest BCUT2D eigenvalue weighted by Gasteiger charge is -2.29. The van der Waals surface area contributed by atoms with E-state index in [-0.39, 0.29) is 36.5 Å². The van der Waals surface area contributed by atoms with Crippen LogP contribution < -0.4 is 5.32 Å². The molecule has 2 amide bonds. The molecule has 39 heavy (non-hydrogen) atoms. The molecule has 204 valence electrons. The van der Waals surface area contributed by atoms with Crippen LogP contribution in [0.3, 0.4) is 0 Å². The van der Waals surface area contributed by atoms with E-state index in [4.69, 9.17) is 0 Å². The summed E-state index contributed by atoms with van der Waals surface area (Å²) < 4.78 is 27.7. The minimum Gasteiger partial charge on any atom is -0.340 e. The molecule has 0 radical (unpaired) electrons. The van der Waals surface area contributed by atoms with E-state index < -0.39 is 34.1 Å². The number of Topliss-reactive ketones (excluding diaryl/α,β-unsaturated/α-hetero) is 1. The van der Waals surface area contributed by atoms with Crippen LogP contribution in [0.2, 0.25) is 0 Å². The maximum atomic E-state index is 13.8. The minimum absolute atomic E-state index is 0.0918. The minimum atomic E-state index is -3.80. The van der Waals surface area contributed by atoms with Gasteiger partial charge in [0.1, 0.15) is 12.1 Å². The van der Waals surface area contributed by atoms with Crippen molar-refractivity contribution in [2.24, 2.45) is 5.92 Å². The molecule has 2 aliphatic rings. The Balaban J connectivity index is 1.33. The van der Waals surface area contributed by atoms with Crippen LogP contribution in [-0.4, -0.2) is 76.4 Å². The van der Waals surface area contributed by atoms with Crippen molar-refractivity contribution in [2.45, 2.75) is 50.6 Å². The van der Waals surface area contributed by atoms with Crippen molar-refractivity contribution in [1.82, 2.24) is 24.5 Å². The number of ketones is 1. The van der Waals surface area contributed by atoms with E-state index >= 15 is 0 Å². The first-order valence-electron chi connectivity index (χ1n) is 13.0. The van der Waals surface area contributed by atoms with Crippen molar-refractivity contribution >= 4 is 38.5 Å². The highest BCUT2D eigenvalue weighted by Gasteiger charge is 2.54. The van der Waals surface area contributed by atoms with Crippen LogP contribution in [-0.2, 0) is 25.4 Å². The van der Waals surface area contributed by atoms with E-state index in [9.17, 15) is 22.8 Å². The largest absolute Gasteiger partial charge is 0.340 e. The molecule has 0 aliphatic carbocycles. The van der Waals surface area contributed by atoms with Crippen molar-refractivity contribution in [1.29, 1.82) is 0 Å². The molecule has 5 rings (SSSR count). The van der Waals surface area contributed by atoms with E-state index in [1.165, 1.54) is 15.4 Å². The van der Waals surface area contributed by atoms with Gasteiger partial charge in [-0.15, -0.1) is 0 Å². The third kappa shape index (κ3) is 5.55. The Morgan fingerprint density at radius 1 is 1.13 bits per heavy atom. The highest BCUT2D eigenvalue weighted by Crippen LogP contribution is 2.33. The van der Waals surface area contributed by atoms with E-state index in [0.29, 0.717) is 24.0 Å². The molecule has 2 aliphatic heterocycles. The summed E-state index contributed by atoms with van der Waals surface area (Å²) in [5.41, 5.74) is 1.69. The molecule has 2 saturated heterocycles. The first kappa shape index (κ1) is 26.9. The highest BCUT2D eigenvalue weighted by molar-refractivity contribution is 7.88. The molecule has 0 bridgehead atoms. The molecule has 1 aromatic carbocycles. The van der Waals surface area contributed by atoms with Crippen LogP contribution in [0.25, 0.3) is 10.9 Å². The maximum absolute atomic E-state index is 13.8. The number of sulfonamides is 1. The Labute approximate surface area is 227 Å². The summed E-state index contributed by atoms with van der Waals surface area (Å²) in [6, 6.07) is 9.81. The van der Waals surface area contributed by atoms with Gasteiger partial charge in [-0.3, -0.25) is 24.4 Å². The fourth-order valence-electron chi connectivity index (χ4n) is 5.51. The van der Waals surface area contributed by atoms with Crippen molar-refractivity contribution < 1.29 is 22.8 Å². The Morgan fingerprint density at radius 3 is 2.67 bits per heavy atom. The summed E-state index contributed by atoms with van der Waals surface area (Å²) in [5.74, 6) is -1.24. The smallest absolute Gasteiger partial charge is 0.251 e. The monoisotopic (exact) mass is 549 g/mol. The zero-order chi connectivity index (χ0) is 27.7.